The van der Waals surface area contributed by atoms with Crippen LogP contribution < -0.4 is 4.90 Å². The van der Waals surface area contributed by atoms with Crippen molar-refractivity contribution in [3.63, 3.8) is 0 Å². The largest absolute Gasteiger partial charge is 0.310 e. The zero-order chi connectivity index (χ0) is 39.6. The molecule has 280 valence electrons. The summed E-state index contributed by atoms with van der Waals surface area (Å²) in [5.74, 6) is 0. The average molecular weight is 763 g/mol. The number of fused-ring (bicyclic) bond motifs is 10. The van der Waals surface area contributed by atoms with E-state index in [1.807, 2.05) is 0 Å². The molecule has 12 rings (SSSR count). The number of hydrogen-bond donors (Lipinski definition) is 0. The van der Waals surface area contributed by atoms with Gasteiger partial charge in [-0.2, -0.15) is 0 Å². The van der Waals surface area contributed by atoms with Crippen LogP contribution in [0.1, 0.15) is 0 Å². The summed E-state index contributed by atoms with van der Waals surface area (Å²) in [5, 5.41) is 12.6. The number of aromatic nitrogens is 1. The van der Waals surface area contributed by atoms with Crippen molar-refractivity contribution in [2.24, 2.45) is 0 Å². The molecule has 12 aromatic rings. The van der Waals surface area contributed by atoms with E-state index >= 15 is 0 Å². The Balaban J connectivity index is 0.944. The van der Waals surface area contributed by atoms with E-state index in [1.165, 1.54) is 87.1 Å². The van der Waals surface area contributed by atoms with Gasteiger partial charge in [0.1, 0.15) is 0 Å². The van der Waals surface area contributed by atoms with E-state index in [4.69, 9.17) is 0 Å². The molecule has 0 radical (unpaired) electrons. The van der Waals surface area contributed by atoms with E-state index < -0.39 is 0 Å². The minimum atomic E-state index is 1.11. The summed E-state index contributed by atoms with van der Waals surface area (Å²) in [6.07, 6.45) is 0. The maximum atomic E-state index is 2.46. The molecule has 60 heavy (non-hydrogen) atoms. The second-order valence-corrected chi connectivity index (χ2v) is 15.7. The molecule has 0 bridgehead atoms. The summed E-state index contributed by atoms with van der Waals surface area (Å²) in [6.45, 7) is 0. The molecule has 0 aliphatic heterocycles. The highest BCUT2D eigenvalue weighted by molar-refractivity contribution is 6.32. The molecular weight excluding hydrogens is 725 g/mol. The van der Waals surface area contributed by atoms with Crippen LogP contribution in [0.25, 0.3) is 92.8 Å². The first-order chi connectivity index (χ1) is 29.8. The lowest BCUT2D eigenvalue weighted by Crippen LogP contribution is -2.10. The van der Waals surface area contributed by atoms with Crippen molar-refractivity contribution in [1.82, 2.24) is 4.57 Å². The summed E-state index contributed by atoms with van der Waals surface area (Å²) >= 11 is 0. The molecule has 0 aliphatic rings. The van der Waals surface area contributed by atoms with Crippen LogP contribution in [-0.4, -0.2) is 4.57 Å². The maximum absolute atomic E-state index is 2.46. The Hall–Kier alpha value is -7.94. The molecule has 0 atom stereocenters. The van der Waals surface area contributed by atoms with Gasteiger partial charge in [0.15, 0.2) is 0 Å². The Morgan fingerprint density at radius 3 is 1.45 bits per heavy atom. The SMILES string of the molecule is c1ccc2c(-c3ccc(N(c4ccc(-c5ccc(-n6c7ccccc7c7c8ccccc8c8ccccc8c76)cc5)cc4)c4cccc5ccccc45)cc3)cccc2c1. The van der Waals surface area contributed by atoms with E-state index in [0.717, 1.165) is 22.7 Å². The lowest BCUT2D eigenvalue weighted by atomic mass is 9.97. The van der Waals surface area contributed by atoms with Crippen LogP contribution >= 0.6 is 0 Å². The lowest BCUT2D eigenvalue weighted by molar-refractivity contribution is 1.19. The van der Waals surface area contributed by atoms with E-state index in [1.54, 1.807) is 0 Å². The second-order valence-electron chi connectivity index (χ2n) is 15.7. The van der Waals surface area contributed by atoms with Crippen molar-refractivity contribution >= 4 is 82.0 Å². The van der Waals surface area contributed by atoms with Gasteiger partial charge in [0.25, 0.3) is 0 Å². The first kappa shape index (κ1) is 34.1. The fourth-order valence-electron chi connectivity index (χ4n) is 9.60. The summed E-state index contributed by atoms with van der Waals surface area (Å²) in [7, 11) is 0. The van der Waals surface area contributed by atoms with Gasteiger partial charge < -0.3 is 9.47 Å². The molecule has 0 saturated carbocycles. The van der Waals surface area contributed by atoms with E-state index in [2.05, 4.69) is 240 Å². The predicted molar refractivity (Wildman–Crippen MR) is 256 cm³/mol. The normalized spacial score (nSPS) is 11.7. The van der Waals surface area contributed by atoms with E-state index in [-0.39, 0.29) is 0 Å². The summed E-state index contributed by atoms with van der Waals surface area (Å²) in [4.78, 5) is 2.39. The molecule has 1 heterocycles. The van der Waals surface area contributed by atoms with Crippen LogP contribution in [0.3, 0.4) is 0 Å². The molecule has 0 N–H and O–H groups in total. The van der Waals surface area contributed by atoms with Crippen molar-refractivity contribution in [3.8, 4) is 27.9 Å². The molecule has 0 amide bonds. The Morgan fingerprint density at radius 2 is 0.767 bits per heavy atom. The van der Waals surface area contributed by atoms with Crippen LogP contribution in [0.2, 0.25) is 0 Å². The van der Waals surface area contributed by atoms with Crippen molar-refractivity contribution < 1.29 is 0 Å². The molecule has 0 spiro atoms. The minimum Gasteiger partial charge on any atom is -0.310 e. The van der Waals surface area contributed by atoms with Gasteiger partial charge in [-0.15, -0.1) is 0 Å². The smallest absolute Gasteiger partial charge is 0.0625 e. The quantitative estimate of drug-likeness (QED) is 0.153. The topological polar surface area (TPSA) is 8.17 Å². The number of anilines is 3. The fourth-order valence-corrected chi connectivity index (χ4v) is 9.60. The first-order valence-corrected chi connectivity index (χ1v) is 20.7. The van der Waals surface area contributed by atoms with Gasteiger partial charge in [-0.05, 0) is 103 Å². The first-order valence-electron chi connectivity index (χ1n) is 20.7. The van der Waals surface area contributed by atoms with E-state index in [0.29, 0.717) is 0 Å². The molecule has 2 heteroatoms. The standard InChI is InChI=1S/C58H38N2/c1-3-17-47-41(13-1)15-11-24-48(47)43-31-37-45(38-32-43)59(55-26-12-16-42-14-2-4-18-49(42)55)44-33-27-39(28-34-44)40-29-35-46(36-30-40)60-56-25-10-9-23-54(56)57-52-21-7-5-19-50(52)51-20-6-8-22-53(51)58(57)60/h1-38H. The number of benzene rings is 11. The highest BCUT2D eigenvalue weighted by Crippen LogP contribution is 2.44. The third-order valence-electron chi connectivity index (χ3n) is 12.4. The minimum absolute atomic E-state index is 1.11. The van der Waals surface area contributed by atoms with Gasteiger partial charge in [0.2, 0.25) is 0 Å². The maximum Gasteiger partial charge on any atom is 0.0625 e. The van der Waals surface area contributed by atoms with E-state index in [9.17, 15) is 0 Å². The molecule has 2 nitrogen and oxygen atoms in total. The van der Waals surface area contributed by atoms with Crippen LogP contribution in [0.4, 0.5) is 17.1 Å². The van der Waals surface area contributed by atoms with Crippen LogP contribution in [0.15, 0.2) is 231 Å². The zero-order valence-electron chi connectivity index (χ0n) is 32.8. The number of hydrogen-bond acceptors (Lipinski definition) is 1. The second kappa shape index (κ2) is 13.9. The highest BCUT2D eigenvalue weighted by Gasteiger charge is 2.20. The van der Waals surface area contributed by atoms with Crippen molar-refractivity contribution in [2.45, 2.75) is 0 Å². The molecule has 0 saturated heterocycles. The molecule has 11 aromatic carbocycles. The Morgan fingerprint density at radius 1 is 0.300 bits per heavy atom. The molecule has 1 aromatic heterocycles. The van der Waals surface area contributed by atoms with Gasteiger partial charge in [0.05, 0.1) is 16.7 Å². The Kier molecular flexibility index (Phi) is 7.89. The van der Waals surface area contributed by atoms with Crippen LogP contribution in [-0.2, 0) is 0 Å². The Labute approximate surface area is 348 Å². The summed E-state index contributed by atoms with van der Waals surface area (Å²) in [5.41, 5.74) is 11.8. The third kappa shape index (κ3) is 5.42. The van der Waals surface area contributed by atoms with Gasteiger partial charge in [-0.1, -0.05) is 182 Å². The zero-order valence-corrected chi connectivity index (χ0v) is 32.8. The summed E-state index contributed by atoms with van der Waals surface area (Å²) < 4.78 is 2.46. The number of rotatable bonds is 6. The van der Waals surface area contributed by atoms with Gasteiger partial charge >= 0.3 is 0 Å². The summed E-state index contributed by atoms with van der Waals surface area (Å²) in [6, 6.07) is 84.1. The average Bonchev–Trinajstić information content (AvgIpc) is 3.68. The molecular formula is C58H38N2. The van der Waals surface area contributed by atoms with Crippen molar-refractivity contribution in [2.75, 3.05) is 4.90 Å². The van der Waals surface area contributed by atoms with Crippen molar-refractivity contribution in [3.05, 3.63) is 231 Å². The predicted octanol–water partition coefficient (Wildman–Crippen LogP) is 16.2. The molecule has 0 fully saturated rings. The monoisotopic (exact) mass is 762 g/mol. The van der Waals surface area contributed by atoms with Gasteiger partial charge in [-0.3, -0.25) is 0 Å². The Bertz CT molecular complexity index is 3570. The molecule has 0 unspecified atom stereocenters. The van der Waals surface area contributed by atoms with Gasteiger partial charge in [-0.25, -0.2) is 0 Å². The number of nitrogens with zero attached hydrogens (tertiary/aromatic N) is 2. The van der Waals surface area contributed by atoms with Crippen LogP contribution in [0.5, 0.6) is 0 Å². The lowest BCUT2D eigenvalue weighted by Gasteiger charge is -2.27. The highest BCUT2D eigenvalue weighted by atomic mass is 15.1. The van der Waals surface area contributed by atoms with Crippen LogP contribution in [0, 0.1) is 0 Å². The third-order valence-corrected chi connectivity index (χ3v) is 12.4. The molecule has 0 aliphatic carbocycles. The van der Waals surface area contributed by atoms with Gasteiger partial charge in [0, 0.05) is 38.6 Å². The van der Waals surface area contributed by atoms with Crippen molar-refractivity contribution in [1.29, 1.82) is 0 Å². The number of para-hydroxylation sites is 1. The fraction of sp³-hybridized carbons (Fsp3) is 0.